The lowest BCUT2D eigenvalue weighted by Crippen LogP contribution is -2.36. The summed E-state index contributed by atoms with van der Waals surface area (Å²) in [6, 6.07) is 4.13. The van der Waals surface area contributed by atoms with E-state index in [0.717, 1.165) is 19.5 Å². The maximum atomic E-state index is 13.8. The van der Waals surface area contributed by atoms with E-state index in [4.69, 9.17) is 0 Å². The van der Waals surface area contributed by atoms with Gasteiger partial charge >= 0.3 is 0 Å². The molecule has 1 aliphatic rings. The summed E-state index contributed by atoms with van der Waals surface area (Å²) in [5.41, 5.74) is 0.202. The maximum absolute atomic E-state index is 13.8. The Morgan fingerprint density at radius 3 is 2.42 bits per heavy atom. The van der Waals surface area contributed by atoms with E-state index in [1.165, 1.54) is 31.0 Å². The van der Waals surface area contributed by atoms with Crippen LogP contribution in [0.15, 0.2) is 18.2 Å². The van der Waals surface area contributed by atoms with Gasteiger partial charge in [-0.05, 0) is 55.7 Å². The maximum Gasteiger partial charge on any atom is 0.129 e. The summed E-state index contributed by atoms with van der Waals surface area (Å²) < 4.78 is 27.6. The van der Waals surface area contributed by atoms with Crippen LogP contribution in [0.3, 0.4) is 0 Å². The van der Waals surface area contributed by atoms with Crippen molar-refractivity contribution in [1.29, 1.82) is 0 Å². The SMILES string of the molecule is CCCNCC(C)(Cc1c(F)cccc1F)C1CC1. The molecule has 1 fully saturated rings. The lowest BCUT2D eigenvalue weighted by Gasteiger charge is -2.30. The average Bonchev–Trinajstić information content (AvgIpc) is 3.19. The van der Waals surface area contributed by atoms with E-state index in [9.17, 15) is 8.78 Å². The molecule has 0 spiro atoms. The molecule has 0 amide bonds. The zero-order chi connectivity index (χ0) is 13.9. The molecule has 0 saturated heterocycles. The summed E-state index contributed by atoms with van der Waals surface area (Å²) in [6.07, 6.45) is 3.92. The van der Waals surface area contributed by atoms with Gasteiger partial charge in [0.05, 0.1) is 0 Å². The first kappa shape index (κ1) is 14.4. The van der Waals surface area contributed by atoms with Crippen LogP contribution in [0, 0.1) is 23.0 Å². The van der Waals surface area contributed by atoms with Crippen LogP contribution in [0.5, 0.6) is 0 Å². The Hall–Kier alpha value is -0.960. The molecule has 1 unspecified atom stereocenters. The highest BCUT2D eigenvalue weighted by molar-refractivity contribution is 5.22. The van der Waals surface area contributed by atoms with Crippen LogP contribution >= 0.6 is 0 Å². The smallest absolute Gasteiger partial charge is 0.129 e. The van der Waals surface area contributed by atoms with Gasteiger partial charge in [-0.2, -0.15) is 0 Å². The zero-order valence-electron chi connectivity index (χ0n) is 11.8. The molecular formula is C16H23F2N. The van der Waals surface area contributed by atoms with Crippen LogP contribution in [-0.2, 0) is 6.42 Å². The van der Waals surface area contributed by atoms with Crippen molar-refractivity contribution in [3.05, 3.63) is 35.4 Å². The van der Waals surface area contributed by atoms with E-state index >= 15 is 0 Å². The minimum atomic E-state index is -0.414. The third kappa shape index (κ3) is 3.53. The Morgan fingerprint density at radius 1 is 1.26 bits per heavy atom. The third-order valence-electron chi connectivity index (χ3n) is 4.16. The molecule has 0 heterocycles. The second-order valence-electron chi connectivity index (χ2n) is 5.98. The van der Waals surface area contributed by atoms with E-state index in [0.29, 0.717) is 12.3 Å². The summed E-state index contributed by atoms with van der Waals surface area (Å²) in [5.74, 6) is -0.236. The third-order valence-corrected chi connectivity index (χ3v) is 4.16. The van der Waals surface area contributed by atoms with Gasteiger partial charge in [-0.1, -0.05) is 19.9 Å². The van der Waals surface area contributed by atoms with Crippen LogP contribution in [0.2, 0.25) is 0 Å². The van der Waals surface area contributed by atoms with Gasteiger partial charge in [0, 0.05) is 12.1 Å². The first-order valence-corrected chi connectivity index (χ1v) is 7.20. The van der Waals surface area contributed by atoms with E-state index < -0.39 is 11.6 Å². The molecule has 19 heavy (non-hydrogen) atoms. The fourth-order valence-corrected chi connectivity index (χ4v) is 2.79. The highest BCUT2D eigenvalue weighted by Crippen LogP contribution is 2.47. The lowest BCUT2D eigenvalue weighted by molar-refractivity contribution is 0.250. The Morgan fingerprint density at radius 2 is 1.89 bits per heavy atom. The molecule has 1 aromatic carbocycles. The predicted octanol–water partition coefficient (Wildman–Crippen LogP) is 3.92. The largest absolute Gasteiger partial charge is 0.316 e. The van der Waals surface area contributed by atoms with Crippen LogP contribution in [0.25, 0.3) is 0 Å². The highest BCUT2D eigenvalue weighted by atomic mass is 19.1. The Balaban J connectivity index is 2.11. The zero-order valence-corrected chi connectivity index (χ0v) is 11.8. The quantitative estimate of drug-likeness (QED) is 0.738. The van der Waals surface area contributed by atoms with Crippen molar-refractivity contribution >= 4 is 0 Å². The lowest BCUT2D eigenvalue weighted by atomic mass is 9.78. The van der Waals surface area contributed by atoms with E-state index in [1.54, 1.807) is 0 Å². The van der Waals surface area contributed by atoms with Crippen LogP contribution in [-0.4, -0.2) is 13.1 Å². The average molecular weight is 267 g/mol. The highest BCUT2D eigenvalue weighted by Gasteiger charge is 2.41. The predicted molar refractivity (Wildman–Crippen MR) is 74.1 cm³/mol. The van der Waals surface area contributed by atoms with E-state index in [-0.39, 0.29) is 11.0 Å². The topological polar surface area (TPSA) is 12.0 Å². The molecule has 0 aromatic heterocycles. The van der Waals surface area contributed by atoms with Crippen LogP contribution in [0.1, 0.15) is 38.7 Å². The van der Waals surface area contributed by atoms with Gasteiger partial charge in [-0.15, -0.1) is 0 Å². The van der Waals surface area contributed by atoms with Gasteiger partial charge in [0.15, 0.2) is 0 Å². The molecule has 2 rings (SSSR count). The molecule has 0 bridgehead atoms. The minimum Gasteiger partial charge on any atom is -0.316 e. The van der Waals surface area contributed by atoms with Crippen LogP contribution < -0.4 is 5.32 Å². The molecule has 3 heteroatoms. The van der Waals surface area contributed by atoms with E-state index in [2.05, 4.69) is 19.2 Å². The first-order valence-electron chi connectivity index (χ1n) is 7.20. The monoisotopic (exact) mass is 267 g/mol. The van der Waals surface area contributed by atoms with Crippen molar-refractivity contribution in [1.82, 2.24) is 5.32 Å². The molecule has 106 valence electrons. The van der Waals surface area contributed by atoms with Gasteiger partial charge in [0.25, 0.3) is 0 Å². The molecule has 1 N–H and O–H groups in total. The van der Waals surface area contributed by atoms with Gasteiger partial charge in [0.2, 0.25) is 0 Å². The fraction of sp³-hybridized carbons (Fsp3) is 0.625. The number of rotatable bonds is 7. The number of halogens is 2. The summed E-state index contributed by atoms with van der Waals surface area (Å²) in [7, 11) is 0. The molecule has 1 saturated carbocycles. The minimum absolute atomic E-state index is 0.0434. The molecule has 1 atom stereocenters. The number of hydrogen-bond acceptors (Lipinski definition) is 1. The second kappa shape index (κ2) is 6.00. The number of nitrogens with one attached hydrogen (secondary N) is 1. The number of hydrogen-bond donors (Lipinski definition) is 1. The second-order valence-corrected chi connectivity index (χ2v) is 5.98. The van der Waals surface area contributed by atoms with Crippen molar-refractivity contribution in [2.45, 2.75) is 39.5 Å². The summed E-state index contributed by atoms with van der Waals surface area (Å²) in [6.45, 7) is 6.07. The fourth-order valence-electron chi connectivity index (χ4n) is 2.79. The Bertz CT molecular complexity index is 409. The van der Waals surface area contributed by atoms with Crippen molar-refractivity contribution < 1.29 is 8.78 Å². The van der Waals surface area contributed by atoms with E-state index in [1.807, 2.05) is 0 Å². The van der Waals surface area contributed by atoms with Gasteiger partial charge in [0.1, 0.15) is 11.6 Å². The summed E-state index contributed by atoms with van der Waals surface area (Å²) in [5, 5.41) is 3.41. The Kier molecular flexibility index (Phi) is 4.56. The standard InChI is InChI=1S/C16H23F2N/c1-3-9-19-11-16(2,12-7-8-12)10-13-14(17)5-4-6-15(13)18/h4-6,12,19H,3,7-11H2,1-2H3. The molecule has 1 aromatic rings. The Labute approximate surface area is 114 Å². The first-order chi connectivity index (χ1) is 9.07. The van der Waals surface area contributed by atoms with Gasteiger partial charge < -0.3 is 5.32 Å². The van der Waals surface area contributed by atoms with Crippen molar-refractivity contribution in [3.63, 3.8) is 0 Å². The summed E-state index contributed by atoms with van der Waals surface area (Å²) in [4.78, 5) is 0. The van der Waals surface area contributed by atoms with Gasteiger partial charge in [-0.25, -0.2) is 8.78 Å². The normalized spacial score (nSPS) is 18.3. The number of benzene rings is 1. The van der Waals surface area contributed by atoms with Crippen molar-refractivity contribution in [3.8, 4) is 0 Å². The molecule has 1 nitrogen and oxygen atoms in total. The van der Waals surface area contributed by atoms with Gasteiger partial charge in [-0.3, -0.25) is 0 Å². The van der Waals surface area contributed by atoms with Crippen LogP contribution in [0.4, 0.5) is 8.78 Å². The van der Waals surface area contributed by atoms with Crippen molar-refractivity contribution in [2.75, 3.05) is 13.1 Å². The molecule has 0 radical (unpaired) electrons. The van der Waals surface area contributed by atoms with Crippen molar-refractivity contribution in [2.24, 2.45) is 11.3 Å². The molecular weight excluding hydrogens is 244 g/mol. The molecule has 1 aliphatic carbocycles. The molecule has 0 aliphatic heterocycles. The summed E-state index contributed by atoms with van der Waals surface area (Å²) >= 11 is 0.